The zero-order valence-electron chi connectivity index (χ0n) is 5.09. The minimum absolute atomic E-state index is 1.17. The fourth-order valence-corrected chi connectivity index (χ4v) is 1.11. The van der Waals surface area contributed by atoms with E-state index < -0.39 is 0 Å². The second-order valence-electron chi connectivity index (χ2n) is 1.41. The highest BCUT2D eigenvalue weighted by atomic mass is 127. The minimum atomic E-state index is 1.17. The van der Waals surface area contributed by atoms with Crippen molar-refractivity contribution in [3.05, 3.63) is 32.3 Å². The SMILES string of the molecule is Brc1ccccc1I.C#N. The zero-order valence-corrected chi connectivity index (χ0v) is 8.83. The third kappa shape index (κ3) is 3.18. The van der Waals surface area contributed by atoms with Crippen molar-refractivity contribution in [1.29, 1.82) is 5.26 Å². The monoisotopic (exact) mass is 309 g/mol. The molecule has 0 aliphatic carbocycles. The average molecular weight is 310 g/mol. The minimum Gasteiger partial charge on any atom is -0.202 e. The molecule has 0 saturated carbocycles. The first-order chi connectivity index (χ1) is 4.80. The van der Waals surface area contributed by atoms with Crippen LogP contribution >= 0.6 is 38.5 Å². The molecular formula is C7H5BrIN. The normalized spacial score (nSPS) is 7.60. The number of hydrogen-bond acceptors (Lipinski definition) is 1. The predicted octanol–water partition coefficient (Wildman–Crippen LogP) is 3.19. The molecule has 0 atom stereocenters. The Morgan fingerprint density at radius 3 is 2.10 bits per heavy atom. The molecule has 0 unspecified atom stereocenters. The van der Waals surface area contributed by atoms with Crippen molar-refractivity contribution in [3.63, 3.8) is 0 Å². The van der Waals surface area contributed by atoms with Crippen molar-refractivity contribution in [1.82, 2.24) is 0 Å². The number of rotatable bonds is 0. The molecule has 0 aromatic heterocycles. The molecule has 0 saturated heterocycles. The van der Waals surface area contributed by atoms with Gasteiger partial charge in [-0.15, -0.1) is 0 Å². The quantitative estimate of drug-likeness (QED) is 0.675. The van der Waals surface area contributed by atoms with Crippen LogP contribution in [-0.4, -0.2) is 0 Å². The van der Waals surface area contributed by atoms with Crippen molar-refractivity contribution >= 4 is 38.5 Å². The van der Waals surface area contributed by atoms with Gasteiger partial charge in [0, 0.05) is 14.6 Å². The molecule has 0 aliphatic heterocycles. The first-order valence-corrected chi connectivity index (χ1v) is 4.34. The van der Waals surface area contributed by atoms with Gasteiger partial charge in [0.1, 0.15) is 0 Å². The molecule has 0 amide bonds. The van der Waals surface area contributed by atoms with Crippen molar-refractivity contribution in [2.24, 2.45) is 0 Å². The van der Waals surface area contributed by atoms with Crippen molar-refractivity contribution in [3.8, 4) is 6.57 Å². The highest BCUT2D eigenvalue weighted by Gasteiger charge is 1.88. The molecule has 0 aliphatic rings. The maximum Gasteiger partial charge on any atom is 0.0462 e. The highest BCUT2D eigenvalue weighted by Crippen LogP contribution is 2.16. The van der Waals surface area contributed by atoms with Gasteiger partial charge >= 0.3 is 0 Å². The number of hydrogen-bond donors (Lipinski definition) is 0. The van der Waals surface area contributed by atoms with E-state index >= 15 is 0 Å². The summed E-state index contributed by atoms with van der Waals surface area (Å²) in [7, 11) is 0. The molecule has 3 heteroatoms. The Morgan fingerprint density at radius 2 is 1.80 bits per heavy atom. The van der Waals surface area contributed by atoms with E-state index in [1.807, 2.05) is 18.2 Å². The second-order valence-corrected chi connectivity index (χ2v) is 3.43. The molecule has 0 spiro atoms. The van der Waals surface area contributed by atoms with Gasteiger partial charge in [-0.05, 0) is 50.7 Å². The lowest BCUT2D eigenvalue weighted by molar-refractivity contribution is 1.58. The first-order valence-electron chi connectivity index (χ1n) is 2.46. The lowest BCUT2D eigenvalue weighted by Crippen LogP contribution is -1.68. The van der Waals surface area contributed by atoms with Gasteiger partial charge in [0.15, 0.2) is 0 Å². The van der Waals surface area contributed by atoms with Gasteiger partial charge in [0.25, 0.3) is 0 Å². The van der Waals surface area contributed by atoms with Crippen LogP contribution in [0.3, 0.4) is 0 Å². The van der Waals surface area contributed by atoms with Crippen LogP contribution in [0.5, 0.6) is 0 Å². The lowest BCUT2D eigenvalue weighted by atomic mass is 10.4. The molecule has 1 aromatic carbocycles. The molecule has 1 nitrogen and oxygen atoms in total. The van der Waals surface area contributed by atoms with Crippen LogP contribution in [0.15, 0.2) is 28.7 Å². The van der Waals surface area contributed by atoms with Crippen LogP contribution in [0.2, 0.25) is 0 Å². The van der Waals surface area contributed by atoms with E-state index in [1.165, 1.54) is 8.04 Å². The van der Waals surface area contributed by atoms with Crippen LogP contribution in [0.25, 0.3) is 0 Å². The zero-order chi connectivity index (χ0) is 7.98. The van der Waals surface area contributed by atoms with Gasteiger partial charge in [-0.3, -0.25) is 0 Å². The van der Waals surface area contributed by atoms with Gasteiger partial charge in [-0.1, -0.05) is 12.1 Å². The first kappa shape index (κ1) is 9.92. The van der Waals surface area contributed by atoms with E-state index in [1.54, 1.807) is 0 Å². The summed E-state index contributed by atoms with van der Waals surface area (Å²) in [6.45, 7) is 3.50. The predicted molar refractivity (Wildman–Crippen MR) is 53.5 cm³/mol. The Morgan fingerprint density at radius 1 is 1.30 bits per heavy atom. The lowest BCUT2D eigenvalue weighted by Gasteiger charge is -1.89. The van der Waals surface area contributed by atoms with E-state index in [2.05, 4.69) is 51.2 Å². The summed E-state index contributed by atoms with van der Waals surface area (Å²) in [5.41, 5.74) is 0. The Kier molecular flexibility index (Phi) is 5.64. The number of halogens is 2. The Balaban J connectivity index is 0.000000371. The van der Waals surface area contributed by atoms with Gasteiger partial charge < -0.3 is 0 Å². The molecule has 0 N–H and O–H groups in total. The van der Waals surface area contributed by atoms with Crippen molar-refractivity contribution in [2.45, 2.75) is 0 Å². The summed E-state index contributed by atoms with van der Waals surface area (Å²) < 4.78 is 2.42. The van der Waals surface area contributed by atoms with Gasteiger partial charge in [-0.25, -0.2) is 5.26 Å². The largest absolute Gasteiger partial charge is 0.202 e. The number of benzene rings is 1. The third-order valence-corrected chi connectivity index (χ3v) is 3.20. The van der Waals surface area contributed by atoms with Crippen LogP contribution in [0.1, 0.15) is 0 Å². The molecule has 1 rings (SSSR count). The van der Waals surface area contributed by atoms with Crippen LogP contribution in [0, 0.1) is 15.4 Å². The second kappa shape index (κ2) is 5.69. The summed E-state index contributed by atoms with van der Waals surface area (Å²) in [6, 6.07) is 8.12. The van der Waals surface area contributed by atoms with E-state index in [0.717, 1.165) is 0 Å². The highest BCUT2D eigenvalue weighted by molar-refractivity contribution is 14.1. The van der Waals surface area contributed by atoms with E-state index in [4.69, 9.17) is 5.26 Å². The molecule has 10 heavy (non-hydrogen) atoms. The number of nitrogens with zero attached hydrogens (tertiary/aromatic N) is 1. The smallest absolute Gasteiger partial charge is 0.0462 e. The molecular weight excluding hydrogens is 305 g/mol. The molecule has 0 heterocycles. The Labute approximate surface area is 82.3 Å². The van der Waals surface area contributed by atoms with Gasteiger partial charge in [-0.2, -0.15) is 0 Å². The third-order valence-electron chi connectivity index (χ3n) is 0.824. The average Bonchev–Trinajstić information content (AvgIpc) is 2.00. The molecule has 0 fully saturated rings. The van der Waals surface area contributed by atoms with E-state index in [0.29, 0.717) is 0 Å². The fourth-order valence-electron chi connectivity index (χ4n) is 0.439. The standard InChI is InChI=1S/C6H4BrI.CHN/c7-5-3-1-2-4-6(5)8;1-2/h1-4H;1H. The summed E-state index contributed by atoms with van der Waals surface area (Å²) in [6.07, 6.45) is 0. The fraction of sp³-hybridized carbons (Fsp3) is 0. The molecule has 0 radical (unpaired) electrons. The van der Waals surface area contributed by atoms with Crippen molar-refractivity contribution in [2.75, 3.05) is 0 Å². The Hall–Kier alpha value is -0.0800. The van der Waals surface area contributed by atoms with Crippen LogP contribution in [0.4, 0.5) is 0 Å². The summed E-state index contributed by atoms with van der Waals surface area (Å²) >= 11 is 5.67. The summed E-state index contributed by atoms with van der Waals surface area (Å²) in [5, 5.41) is 6.50. The van der Waals surface area contributed by atoms with Gasteiger partial charge in [0.2, 0.25) is 0 Å². The molecule has 0 bridgehead atoms. The summed E-state index contributed by atoms with van der Waals surface area (Å²) in [5.74, 6) is 0. The van der Waals surface area contributed by atoms with Crippen LogP contribution in [-0.2, 0) is 0 Å². The molecule has 1 aromatic rings. The topological polar surface area (TPSA) is 23.8 Å². The van der Waals surface area contributed by atoms with Crippen LogP contribution < -0.4 is 0 Å². The molecule has 52 valence electrons. The maximum absolute atomic E-state index is 6.50. The van der Waals surface area contributed by atoms with Gasteiger partial charge in [0.05, 0.1) is 0 Å². The maximum atomic E-state index is 6.50. The number of nitriles is 1. The Bertz CT molecular complexity index is 201. The van der Waals surface area contributed by atoms with E-state index in [-0.39, 0.29) is 0 Å². The van der Waals surface area contributed by atoms with E-state index in [9.17, 15) is 0 Å². The summed E-state index contributed by atoms with van der Waals surface area (Å²) in [4.78, 5) is 0. The van der Waals surface area contributed by atoms with Crippen molar-refractivity contribution < 1.29 is 0 Å².